The van der Waals surface area contributed by atoms with E-state index >= 15 is 0 Å². The Labute approximate surface area is 220 Å². The molecular weight excluding hydrogens is 452 g/mol. The standard InChI is InChI=1S/C34H32N2O/c1-34(2,3)27-21-22-35-32(23-27)36(28-17-11-18-29(24-28)37-4)33-30(25-13-7-5-8-14-25)19-12-20-31(33)26-15-9-6-10-16-26/h5-24H,1-4H3. The third kappa shape index (κ3) is 5.12. The third-order valence-corrected chi connectivity index (χ3v) is 6.58. The second-order valence-electron chi connectivity index (χ2n) is 10.1. The summed E-state index contributed by atoms with van der Waals surface area (Å²) in [6.45, 7) is 6.69. The van der Waals surface area contributed by atoms with Crippen LogP contribution in [0.2, 0.25) is 0 Å². The number of aromatic nitrogens is 1. The number of nitrogens with zero attached hydrogens (tertiary/aromatic N) is 2. The number of pyridine rings is 1. The van der Waals surface area contributed by atoms with Crippen molar-refractivity contribution in [2.75, 3.05) is 12.0 Å². The molecule has 4 aromatic carbocycles. The highest BCUT2D eigenvalue weighted by Gasteiger charge is 2.24. The van der Waals surface area contributed by atoms with Crippen LogP contribution in [0.25, 0.3) is 22.3 Å². The number of ether oxygens (including phenoxy) is 1. The van der Waals surface area contributed by atoms with Crippen molar-refractivity contribution in [3.8, 4) is 28.0 Å². The molecule has 37 heavy (non-hydrogen) atoms. The van der Waals surface area contributed by atoms with Gasteiger partial charge in [-0.2, -0.15) is 0 Å². The lowest BCUT2D eigenvalue weighted by Crippen LogP contribution is -2.17. The predicted molar refractivity (Wildman–Crippen MR) is 155 cm³/mol. The molecule has 3 heteroatoms. The van der Waals surface area contributed by atoms with E-state index in [0.717, 1.165) is 45.2 Å². The summed E-state index contributed by atoms with van der Waals surface area (Å²) < 4.78 is 5.64. The first-order valence-corrected chi connectivity index (χ1v) is 12.6. The molecule has 0 saturated carbocycles. The van der Waals surface area contributed by atoms with E-state index in [1.807, 2.05) is 18.3 Å². The zero-order chi connectivity index (χ0) is 25.8. The zero-order valence-corrected chi connectivity index (χ0v) is 21.8. The Balaban J connectivity index is 1.86. The normalized spacial score (nSPS) is 11.2. The molecule has 0 atom stereocenters. The minimum atomic E-state index is -0.0149. The highest BCUT2D eigenvalue weighted by Crippen LogP contribution is 2.46. The number of anilines is 3. The van der Waals surface area contributed by atoms with Crippen LogP contribution < -0.4 is 9.64 Å². The molecule has 0 aliphatic heterocycles. The van der Waals surface area contributed by atoms with Crippen LogP contribution in [0.1, 0.15) is 26.3 Å². The van der Waals surface area contributed by atoms with Crippen LogP contribution in [0.3, 0.4) is 0 Å². The molecule has 1 heterocycles. The molecule has 0 aliphatic rings. The van der Waals surface area contributed by atoms with Crippen LogP contribution in [-0.4, -0.2) is 12.1 Å². The summed E-state index contributed by atoms with van der Waals surface area (Å²) in [5.74, 6) is 1.66. The SMILES string of the molecule is COc1cccc(N(c2cc(C(C)(C)C)ccn2)c2c(-c3ccccc3)cccc2-c2ccccc2)c1. The molecule has 5 rings (SSSR count). The smallest absolute Gasteiger partial charge is 0.137 e. The molecule has 0 fully saturated rings. The van der Waals surface area contributed by atoms with Gasteiger partial charge in [0, 0.05) is 23.4 Å². The number of para-hydroxylation sites is 1. The fraction of sp³-hybridized carbons (Fsp3) is 0.147. The van der Waals surface area contributed by atoms with E-state index in [1.54, 1.807) is 7.11 Å². The van der Waals surface area contributed by atoms with Crippen molar-refractivity contribution in [3.05, 3.63) is 127 Å². The summed E-state index contributed by atoms with van der Waals surface area (Å²) in [6, 6.07) is 40.1. The molecule has 3 nitrogen and oxygen atoms in total. The van der Waals surface area contributed by atoms with Crippen molar-refractivity contribution in [3.63, 3.8) is 0 Å². The van der Waals surface area contributed by atoms with Gasteiger partial charge >= 0.3 is 0 Å². The van der Waals surface area contributed by atoms with Crippen LogP contribution in [-0.2, 0) is 5.41 Å². The van der Waals surface area contributed by atoms with Crippen molar-refractivity contribution in [1.82, 2.24) is 4.98 Å². The zero-order valence-electron chi connectivity index (χ0n) is 21.8. The Morgan fingerprint density at radius 2 is 1.24 bits per heavy atom. The molecule has 0 spiro atoms. The van der Waals surface area contributed by atoms with Crippen LogP contribution >= 0.6 is 0 Å². The Morgan fingerprint density at radius 3 is 1.81 bits per heavy atom. The molecular formula is C34H32N2O. The maximum Gasteiger partial charge on any atom is 0.137 e. The Kier molecular flexibility index (Phi) is 6.78. The number of methoxy groups -OCH3 is 1. The fourth-order valence-electron chi connectivity index (χ4n) is 4.62. The quantitative estimate of drug-likeness (QED) is 0.240. The first kappa shape index (κ1) is 24.3. The highest BCUT2D eigenvalue weighted by molar-refractivity contribution is 5.97. The van der Waals surface area contributed by atoms with E-state index < -0.39 is 0 Å². The number of rotatable bonds is 6. The van der Waals surface area contributed by atoms with Gasteiger partial charge in [0.2, 0.25) is 0 Å². The molecule has 5 aromatic rings. The third-order valence-electron chi connectivity index (χ3n) is 6.58. The monoisotopic (exact) mass is 484 g/mol. The Morgan fingerprint density at radius 1 is 0.649 bits per heavy atom. The second-order valence-corrected chi connectivity index (χ2v) is 10.1. The Bertz CT molecular complexity index is 1430. The van der Waals surface area contributed by atoms with Gasteiger partial charge in [-0.25, -0.2) is 4.98 Å². The first-order valence-electron chi connectivity index (χ1n) is 12.6. The van der Waals surface area contributed by atoms with Crippen molar-refractivity contribution in [1.29, 1.82) is 0 Å². The van der Waals surface area contributed by atoms with Gasteiger partial charge in [0.25, 0.3) is 0 Å². The van der Waals surface area contributed by atoms with Crippen molar-refractivity contribution in [2.45, 2.75) is 26.2 Å². The van der Waals surface area contributed by atoms with Crippen LogP contribution in [0.4, 0.5) is 17.2 Å². The molecule has 1 aromatic heterocycles. The van der Waals surface area contributed by atoms with Crippen LogP contribution in [0.15, 0.2) is 121 Å². The average molecular weight is 485 g/mol. The summed E-state index contributed by atoms with van der Waals surface area (Å²) in [6.07, 6.45) is 1.91. The van der Waals surface area contributed by atoms with E-state index in [4.69, 9.17) is 9.72 Å². The molecule has 184 valence electrons. The number of benzene rings is 4. The molecule has 0 N–H and O–H groups in total. The van der Waals surface area contributed by atoms with Crippen molar-refractivity contribution < 1.29 is 4.74 Å². The minimum absolute atomic E-state index is 0.0149. The summed E-state index contributed by atoms with van der Waals surface area (Å²) >= 11 is 0. The number of hydrogen-bond donors (Lipinski definition) is 0. The average Bonchev–Trinajstić information content (AvgIpc) is 2.94. The maximum atomic E-state index is 5.64. The van der Waals surface area contributed by atoms with Gasteiger partial charge < -0.3 is 4.74 Å². The maximum absolute atomic E-state index is 5.64. The molecule has 0 bridgehead atoms. The largest absolute Gasteiger partial charge is 0.497 e. The lowest BCUT2D eigenvalue weighted by molar-refractivity contribution is 0.415. The van der Waals surface area contributed by atoms with Gasteiger partial charge in [0.15, 0.2) is 0 Å². The van der Waals surface area contributed by atoms with Gasteiger partial charge in [0.05, 0.1) is 18.5 Å². The van der Waals surface area contributed by atoms with E-state index in [1.165, 1.54) is 5.56 Å². The highest BCUT2D eigenvalue weighted by atomic mass is 16.5. The van der Waals surface area contributed by atoms with Gasteiger partial charge in [-0.1, -0.05) is 106 Å². The molecule has 0 amide bonds. The van der Waals surface area contributed by atoms with E-state index in [-0.39, 0.29) is 5.41 Å². The lowest BCUT2D eigenvalue weighted by Gasteiger charge is -2.30. The summed E-state index contributed by atoms with van der Waals surface area (Å²) in [7, 11) is 1.70. The minimum Gasteiger partial charge on any atom is -0.497 e. The molecule has 0 aliphatic carbocycles. The summed E-state index contributed by atoms with van der Waals surface area (Å²) in [5, 5.41) is 0. The van der Waals surface area contributed by atoms with Gasteiger partial charge in [-0.05, 0) is 46.4 Å². The predicted octanol–water partition coefficient (Wildman–Crippen LogP) is 9.19. The second kappa shape index (κ2) is 10.3. The summed E-state index contributed by atoms with van der Waals surface area (Å²) in [4.78, 5) is 7.18. The fourth-order valence-corrected chi connectivity index (χ4v) is 4.62. The van der Waals surface area contributed by atoms with Gasteiger partial charge in [0.1, 0.15) is 11.6 Å². The first-order chi connectivity index (χ1) is 18.0. The lowest BCUT2D eigenvalue weighted by atomic mass is 9.87. The van der Waals surface area contributed by atoms with E-state index in [2.05, 4.69) is 129 Å². The molecule has 0 radical (unpaired) electrons. The van der Waals surface area contributed by atoms with Crippen molar-refractivity contribution >= 4 is 17.2 Å². The Hall–Kier alpha value is -4.37. The molecule has 0 unspecified atom stereocenters. The molecule has 0 saturated heterocycles. The number of hydrogen-bond acceptors (Lipinski definition) is 3. The topological polar surface area (TPSA) is 25.4 Å². The van der Waals surface area contributed by atoms with E-state index in [0.29, 0.717) is 0 Å². The van der Waals surface area contributed by atoms with Gasteiger partial charge in [-0.15, -0.1) is 0 Å². The summed E-state index contributed by atoms with van der Waals surface area (Å²) in [5.41, 5.74) is 7.83. The van der Waals surface area contributed by atoms with Crippen molar-refractivity contribution in [2.24, 2.45) is 0 Å². The van der Waals surface area contributed by atoms with Gasteiger partial charge in [-0.3, -0.25) is 4.90 Å². The van der Waals surface area contributed by atoms with E-state index in [9.17, 15) is 0 Å². The van der Waals surface area contributed by atoms with Crippen LogP contribution in [0.5, 0.6) is 5.75 Å². The van der Waals surface area contributed by atoms with Crippen LogP contribution in [0, 0.1) is 0 Å².